The molecule has 1 N–H and O–H groups in total. The minimum Gasteiger partial charge on any atom is -1.00 e. The molecule has 2 aromatic rings. The van der Waals surface area contributed by atoms with Crippen molar-refractivity contribution in [2.75, 3.05) is 23.9 Å². The molecule has 0 spiro atoms. The van der Waals surface area contributed by atoms with Crippen molar-refractivity contribution in [3.05, 3.63) is 12.7 Å². The number of carboxylic acids is 1. The summed E-state index contributed by atoms with van der Waals surface area (Å²) in [6.07, 6.45) is 3.25. The van der Waals surface area contributed by atoms with Gasteiger partial charge in [-0.3, -0.25) is 14.3 Å². The van der Waals surface area contributed by atoms with Gasteiger partial charge in [-0.25, -0.2) is 9.55 Å². The van der Waals surface area contributed by atoms with Gasteiger partial charge in [-0.05, 0) is 0 Å². The van der Waals surface area contributed by atoms with Gasteiger partial charge >= 0.3 is 5.97 Å². The maximum atomic E-state index is 10.8. The van der Waals surface area contributed by atoms with Crippen LogP contribution in [-0.2, 0) is 17.9 Å². The molecule has 3 heterocycles. The quantitative estimate of drug-likeness (QED) is 0.477. The molecule has 0 saturated carbocycles. The monoisotopic (exact) mass is 317 g/mol. The zero-order valence-electron chi connectivity index (χ0n) is 10.5. The smallest absolute Gasteiger partial charge is 0.323 e. The fourth-order valence-corrected chi connectivity index (χ4v) is 2.60. The first-order chi connectivity index (χ1) is 9.20. The first-order valence-corrected chi connectivity index (χ1v) is 6.50. The predicted octanol–water partition coefficient (Wildman–Crippen LogP) is -3.13. The Hall–Kier alpha value is -1.60. The molecule has 108 valence electrons. The van der Waals surface area contributed by atoms with Gasteiger partial charge in [0.25, 0.3) is 5.82 Å². The average molecular weight is 318 g/mol. The lowest BCUT2D eigenvalue weighted by molar-refractivity contribution is -0.672. The van der Waals surface area contributed by atoms with Crippen LogP contribution in [0.4, 0.5) is 5.82 Å². The summed E-state index contributed by atoms with van der Waals surface area (Å²) in [6, 6.07) is 0. The van der Waals surface area contributed by atoms with Gasteiger partial charge in [-0.15, -0.1) is 11.6 Å². The molecule has 20 heavy (non-hydrogen) atoms. The number of aliphatic carboxylic acids is 1. The van der Waals surface area contributed by atoms with Crippen LogP contribution in [0.2, 0.25) is 0 Å². The number of carboxylic acid groups (broad SMARTS) is 1. The van der Waals surface area contributed by atoms with Crippen LogP contribution < -0.4 is 21.9 Å². The summed E-state index contributed by atoms with van der Waals surface area (Å²) in [6.45, 7) is 2.33. The fourth-order valence-electron chi connectivity index (χ4n) is 2.39. The van der Waals surface area contributed by atoms with Crippen LogP contribution in [0.1, 0.15) is 0 Å². The molecular weight excluding hydrogens is 305 g/mol. The van der Waals surface area contributed by atoms with E-state index in [0.29, 0.717) is 11.5 Å². The van der Waals surface area contributed by atoms with Crippen molar-refractivity contribution in [3.63, 3.8) is 0 Å². The lowest BCUT2D eigenvalue weighted by atomic mass is 10.4. The highest BCUT2D eigenvalue weighted by atomic mass is 35.5. The Morgan fingerprint density at radius 1 is 1.50 bits per heavy atom. The molecule has 0 unspecified atom stereocenters. The van der Waals surface area contributed by atoms with Crippen LogP contribution in [0, 0.1) is 0 Å². The number of halogens is 2. The standard InChI is InChI=1S/C11H12ClN5O2.ClH/c12-1-2-15-3-4-16-7-14-10-9(11(15)16)13-6-17(10)5-8(18)19;/h6-7H,1-5H2;1H. The predicted molar refractivity (Wildman–Crippen MR) is 68.3 cm³/mol. The van der Waals surface area contributed by atoms with E-state index in [1.54, 1.807) is 6.33 Å². The Labute approximate surface area is 126 Å². The van der Waals surface area contributed by atoms with E-state index in [1.807, 2.05) is 4.57 Å². The number of imidazole rings is 1. The Balaban J connectivity index is 0.00000147. The molecule has 3 rings (SSSR count). The molecule has 0 radical (unpaired) electrons. The SMILES string of the molecule is O=C(O)Cn1cnc2c3[n+](cnc21)CCN3CCCl.[Cl-]. The van der Waals surface area contributed by atoms with Crippen molar-refractivity contribution < 1.29 is 26.9 Å². The summed E-state index contributed by atoms with van der Waals surface area (Å²) >= 11 is 5.80. The van der Waals surface area contributed by atoms with E-state index in [1.165, 1.54) is 10.9 Å². The second-order valence-corrected chi connectivity index (χ2v) is 4.75. The summed E-state index contributed by atoms with van der Waals surface area (Å²) in [4.78, 5) is 21.6. The maximum Gasteiger partial charge on any atom is 0.323 e. The van der Waals surface area contributed by atoms with Crippen LogP contribution in [0.5, 0.6) is 0 Å². The Kier molecular flexibility index (Phi) is 4.29. The van der Waals surface area contributed by atoms with Gasteiger partial charge in [0.05, 0.1) is 25.3 Å². The van der Waals surface area contributed by atoms with Crippen molar-refractivity contribution in [3.8, 4) is 0 Å². The molecule has 0 atom stereocenters. The lowest BCUT2D eigenvalue weighted by Crippen LogP contribution is -3.00. The Morgan fingerprint density at radius 3 is 3.00 bits per heavy atom. The lowest BCUT2D eigenvalue weighted by Gasteiger charge is -2.10. The molecule has 0 bridgehead atoms. The summed E-state index contributed by atoms with van der Waals surface area (Å²) in [5, 5.41) is 8.86. The minimum atomic E-state index is -0.910. The van der Waals surface area contributed by atoms with Gasteiger partial charge in [0.1, 0.15) is 13.1 Å². The van der Waals surface area contributed by atoms with E-state index in [9.17, 15) is 4.79 Å². The number of anilines is 1. The van der Waals surface area contributed by atoms with Crippen molar-refractivity contribution in [2.45, 2.75) is 13.1 Å². The van der Waals surface area contributed by atoms with Gasteiger partial charge < -0.3 is 17.5 Å². The first kappa shape index (κ1) is 14.8. The molecule has 0 amide bonds. The number of carbonyl (C=O) groups is 1. The molecule has 0 aromatic carbocycles. The van der Waals surface area contributed by atoms with Gasteiger partial charge in [-0.2, -0.15) is 0 Å². The largest absolute Gasteiger partial charge is 1.00 e. The molecule has 1 aliphatic rings. The summed E-state index contributed by atoms with van der Waals surface area (Å²) in [5.41, 5.74) is 1.32. The zero-order chi connectivity index (χ0) is 13.4. The van der Waals surface area contributed by atoms with Gasteiger partial charge in [0, 0.05) is 0 Å². The van der Waals surface area contributed by atoms with Crippen LogP contribution in [0.15, 0.2) is 12.7 Å². The Morgan fingerprint density at radius 2 is 2.30 bits per heavy atom. The van der Waals surface area contributed by atoms with Crippen molar-refractivity contribution in [1.29, 1.82) is 0 Å². The zero-order valence-corrected chi connectivity index (χ0v) is 12.0. The molecule has 0 fully saturated rings. The van der Waals surface area contributed by atoms with E-state index in [2.05, 4.69) is 14.9 Å². The second kappa shape index (κ2) is 5.80. The van der Waals surface area contributed by atoms with Gasteiger partial charge in [0.15, 0.2) is 5.52 Å². The van der Waals surface area contributed by atoms with Crippen LogP contribution >= 0.6 is 11.6 Å². The number of nitrogens with zero attached hydrogens (tertiary/aromatic N) is 5. The number of aromatic nitrogens is 4. The molecule has 1 aliphatic heterocycles. The van der Waals surface area contributed by atoms with Crippen molar-refractivity contribution in [2.24, 2.45) is 0 Å². The first-order valence-electron chi connectivity index (χ1n) is 5.96. The Bertz CT molecular complexity index is 643. The number of alkyl halides is 1. The molecule has 2 aromatic heterocycles. The number of hydrogen-bond donors (Lipinski definition) is 1. The highest BCUT2D eigenvalue weighted by Crippen LogP contribution is 2.23. The molecule has 0 saturated heterocycles. The van der Waals surface area contributed by atoms with Crippen LogP contribution in [0.3, 0.4) is 0 Å². The van der Waals surface area contributed by atoms with E-state index < -0.39 is 5.97 Å². The third-order valence-corrected chi connectivity index (χ3v) is 3.35. The third-order valence-electron chi connectivity index (χ3n) is 3.18. The normalized spacial score (nSPS) is 13.3. The third kappa shape index (κ3) is 2.38. The highest BCUT2D eigenvalue weighted by molar-refractivity contribution is 6.18. The molecule has 7 nitrogen and oxygen atoms in total. The minimum absolute atomic E-state index is 0. The second-order valence-electron chi connectivity index (χ2n) is 4.38. The molecule has 0 aliphatic carbocycles. The molecular formula is C11H13Cl2N5O2. The van der Waals surface area contributed by atoms with Crippen molar-refractivity contribution in [1.82, 2.24) is 14.5 Å². The summed E-state index contributed by atoms with van der Waals surface area (Å²) in [5.74, 6) is 0.598. The van der Waals surface area contributed by atoms with E-state index >= 15 is 0 Å². The van der Waals surface area contributed by atoms with E-state index in [0.717, 1.165) is 31.0 Å². The number of fused-ring (bicyclic) bond motifs is 3. The van der Waals surface area contributed by atoms with Crippen molar-refractivity contribution >= 4 is 34.6 Å². The van der Waals surface area contributed by atoms with Gasteiger partial charge in [-0.1, -0.05) is 4.98 Å². The van der Waals surface area contributed by atoms with Crippen LogP contribution in [0.25, 0.3) is 11.2 Å². The topological polar surface area (TPSA) is 75.1 Å². The number of rotatable bonds is 4. The summed E-state index contributed by atoms with van der Waals surface area (Å²) in [7, 11) is 0. The fraction of sp³-hybridized carbons (Fsp3) is 0.455. The summed E-state index contributed by atoms with van der Waals surface area (Å²) < 4.78 is 3.56. The average Bonchev–Trinajstić information content (AvgIpc) is 2.94. The highest BCUT2D eigenvalue weighted by Gasteiger charge is 2.30. The number of hydrogen-bond acceptors (Lipinski definition) is 4. The molecule has 9 heteroatoms. The van der Waals surface area contributed by atoms with E-state index in [4.69, 9.17) is 16.7 Å². The maximum absolute atomic E-state index is 10.8. The van der Waals surface area contributed by atoms with Crippen LogP contribution in [-0.4, -0.2) is 44.6 Å². The van der Waals surface area contributed by atoms with E-state index in [-0.39, 0.29) is 19.0 Å². The van der Waals surface area contributed by atoms with Gasteiger partial charge in [0.2, 0.25) is 12.0 Å².